The van der Waals surface area contributed by atoms with Crippen LogP contribution in [0.1, 0.15) is 5.01 Å². The number of fused-ring (bicyclic) bond motifs is 1. The first-order chi connectivity index (χ1) is 7.79. The average molecular weight is 280 g/mol. The van der Waals surface area contributed by atoms with Crippen LogP contribution in [0.4, 0.5) is 0 Å². The Bertz CT molecular complexity index is 490. The Kier molecular flexibility index (Phi) is 4.63. The van der Waals surface area contributed by atoms with Gasteiger partial charge in [0.25, 0.3) is 0 Å². The van der Waals surface area contributed by atoms with Crippen molar-refractivity contribution in [2.75, 3.05) is 7.11 Å². The minimum Gasteiger partial charge on any atom is -0.497 e. The van der Waals surface area contributed by atoms with Crippen molar-refractivity contribution in [3.8, 4) is 5.75 Å². The zero-order valence-electron chi connectivity index (χ0n) is 9.06. The maximum atomic E-state index is 8.49. The van der Waals surface area contributed by atoms with Crippen LogP contribution >= 0.6 is 11.3 Å². The van der Waals surface area contributed by atoms with Gasteiger partial charge in [-0.1, -0.05) is 11.3 Å². The maximum Gasteiger partial charge on any atom is 0.233 e. The molecule has 0 bridgehead atoms. The minimum absolute atomic E-state index is 0.900. The Morgan fingerprint density at radius 3 is 2.35 bits per heavy atom. The van der Waals surface area contributed by atoms with Gasteiger partial charge in [0.1, 0.15) is 10.4 Å². The van der Waals surface area contributed by atoms with Gasteiger partial charge in [-0.3, -0.25) is 0 Å². The summed E-state index contributed by atoms with van der Waals surface area (Å²) in [6, 6.07) is 6.06. The highest BCUT2D eigenvalue weighted by atomic mass is 35.7. The van der Waals surface area contributed by atoms with Crippen LogP contribution in [-0.4, -0.2) is 7.11 Å². The highest BCUT2D eigenvalue weighted by molar-refractivity contribution is 7.18. The van der Waals surface area contributed by atoms with Crippen molar-refractivity contribution in [1.29, 1.82) is 0 Å². The molecule has 1 aromatic heterocycles. The van der Waals surface area contributed by atoms with Crippen LogP contribution in [0.2, 0.25) is 0 Å². The molecular weight excluding hydrogens is 270 g/mol. The highest BCUT2D eigenvalue weighted by Gasteiger charge is 2.07. The van der Waals surface area contributed by atoms with Gasteiger partial charge in [-0.05, 0) is 12.1 Å². The zero-order chi connectivity index (χ0) is 13.1. The average Bonchev–Trinajstić information content (AvgIpc) is 2.53. The molecule has 0 atom stereocenters. The minimum atomic E-state index is -4.94. The van der Waals surface area contributed by atoms with Gasteiger partial charge in [0, 0.05) is 6.92 Å². The zero-order valence-corrected chi connectivity index (χ0v) is 10.6. The fraction of sp³-hybridized carbons (Fsp3) is 0.222. The lowest BCUT2D eigenvalue weighted by Crippen LogP contribution is -2.68. The number of hydrogen-bond donors (Lipinski definition) is 0. The molecule has 0 amide bonds. The van der Waals surface area contributed by atoms with Crippen molar-refractivity contribution in [1.82, 2.24) is 0 Å². The summed E-state index contributed by atoms with van der Waals surface area (Å²) in [5, 5.41) is 1.22. The first kappa shape index (κ1) is 14.1. The molecule has 0 aliphatic carbocycles. The van der Waals surface area contributed by atoms with E-state index < -0.39 is 10.2 Å². The fourth-order valence-electron chi connectivity index (χ4n) is 1.20. The SMILES string of the molecule is COc1ccc2sc(C)[nH+]c2c1.[O-][Cl+3]([O-])([O-])[O-]. The van der Waals surface area contributed by atoms with Crippen LogP contribution < -0.4 is 28.4 Å². The number of H-pyrrole nitrogens is 1. The molecule has 1 heterocycles. The van der Waals surface area contributed by atoms with E-state index in [1.54, 1.807) is 18.4 Å². The molecule has 0 fully saturated rings. The fourth-order valence-corrected chi connectivity index (χ4v) is 2.05. The number of methoxy groups -OCH3 is 1. The van der Waals surface area contributed by atoms with Crippen molar-refractivity contribution in [3.63, 3.8) is 0 Å². The molecule has 0 saturated carbocycles. The molecule has 0 spiro atoms. The van der Waals surface area contributed by atoms with E-state index in [-0.39, 0.29) is 0 Å². The van der Waals surface area contributed by atoms with Gasteiger partial charge in [-0.15, -0.1) is 10.2 Å². The monoisotopic (exact) mass is 279 g/mol. The summed E-state index contributed by atoms with van der Waals surface area (Å²) in [5.41, 5.74) is 1.15. The van der Waals surface area contributed by atoms with Crippen LogP contribution in [-0.2, 0) is 0 Å². The molecule has 1 aromatic carbocycles. The third-order valence-electron chi connectivity index (χ3n) is 1.76. The third kappa shape index (κ3) is 5.26. The Hall–Kier alpha value is -0.960. The van der Waals surface area contributed by atoms with Gasteiger partial charge in [0.15, 0.2) is 0 Å². The summed E-state index contributed by atoms with van der Waals surface area (Å²) in [7, 11) is -3.26. The topological polar surface area (TPSA) is 116 Å². The molecule has 2 rings (SSSR count). The van der Waals surface area contributed by atoms with Crippen molar-refractivity contribution >= 4 is 21.6 Å². The van der Waals surface area contributed by atoms with Crippen molar-refractivity contribution in [2.24, 2.45) is 0 Å². The Balaban J connectivity index is 0.000000249. The number of benzene rings is 1. The van der Waals surface area contributed by atoms with Gasteiger partial charge in [-0.2, -0.15) is 4.98 Å². The lowest BCUT2D eigenvalue weighted by molar-refractivity contribution is -2.00. The quantitative estimate of drug-likeness (QED) is 0.562. The normalized spacial score (nSPS) is 10.9. The number of rotatable bonds is 1. The van der Waals surface area contributed by atoms with E-state index in [1.807, 2.05) is 12.1 Å². The van der Waals surface area contributed by atoms with E-state index in [9.17, 15) is 0 Å². The molecule has 0 saturated heterocycles. The molecule has 1 N–H and O–H groups in total. The molecule has 0 radical (unpaired) electrons. The number of ether oxygens (including phenoxy) is 1. The molecule has 0 aliphatic rings. The largest absolute Gasteiger partial charge is 0.497 e. The van der Waals surface area contributed by atoms with E-state index in [4.69, 9.17) is 23.4 Å². The number of halogens is 1. The lowest BCUT2D eigenvalue weighted by Gasteiger charge is -2.17. The van der Waals surface area contributed by atoms with Gasteiger partial charge < -0.3 is 4.74 Å². The van der Waals surface area contributed by atoms with E-state index in [0.717, 1.165) is 11.3 Å². The summed E-state index contributed by atoms with van der Waals surface area (Å²) in [5.74, 6) is 0.900. The number of thiazole rings is 1. The molecule has 8 heteroatoms. The van der Waals surface area contributed by atoms with Crippen LogP contribution in [0.15, 0.2) is 18.2 Å². The van der Waals surface area contributed by atoms with Crippen LogP contribution in [0, 0.1) is 17.2 Å². The molecule has 6 nitrogen and oxygen atoms in total. The Morgan fingerprint density at radius 2 is 1.82 bits per heavy atom. The number of aryl methyl sites for hydroxylation is 1. The summed E-state index contributed by atoms with van der Waals surface area (Å²) >= 11 is 1.76. The number of nitrogens with one attached hydrogen (secondary N) is 1. The molecule has 0 aliphatic heterocycles. The number of aromatic amines is 1. The third-order valence-corrected chi connectivity index (χ3v) is 2.74. The number of hydrogen-bond acceptors (Lipinski definition) is 6. The van der Waals surface area contributed by atoms with E-state index >= 15 is 0 Å². The highest BCUT2D eigenvalue weighted by Crippen LogP contribution is 2.22. The molecule has 94 valence electrons. The predicted octanol–water partition coefficient (Wildman–Crippen LogP) is -2.72. The van der Waals surface area contributed by atoms with Gasteiger partial charge >= 0.3 is 0 Å². The molecular formula is C9H10ClNO5S. The second-order valence-electron chi connectivity index (χ2n) is 3.02. The second kappa shape index (κ2) is 5.58. The van der Waals surface area contributed by atoms with E-state index in [2.05, 4.69) is 18.0 Å². The van der Waals surface area contributed by atoms with Crippen LogP contribution in [0.3, 0.4) is 0 Å². The van der Waals surface area contributed by atoms with Crippen molar-refractivity contribution in [2.45, 2.75) is 6.92 Å². The molecule has 2 aromatic rings. The summed E-state index contributed by atoms with van der Waals surface area (Å²) < 4.78 is 40.4. The predicted molar refractivity (Wildman–Crippen MR) is 49.7 cm³/mol. The maximum absolute atomic E-state index is 8.49. The Labute approximate surface area is 103 Å². The van der Waals surface area contributed by atoms with E-state index in [1.165, 1.54) is 9.71 Å². The summed E-state index contributed by atoms with van der Waals surface area (Å²) in [4.78, 5) is 3.27. The van der Waals surface area contributed by atoms with Crippen molar-refractivity contribution < 1.29 is 38.6 Å². The van der Waals surface area contributed by atoms with Gasteiger partial charge in [0.05, 0.1) is 13.2 Å². The van der Waals surface area contributed by atoms with Crippen LogP contribution in [0.5, 0.6) is 5.75 Å². The second-order valence-corrected chi connectivity index (χ2v) is 5.04. The lowest BCUT2D eigenvalue weighted by atomic mass is 10.3. The van der Waals surface area contributed by atoms with Crippen molar-refractivity contribution in [3.05, 3.63) is 23.2 Å². The summed E-state index contributed by atoms with van der Waals surface area (Å²) in [6.45, 7) is 2.07. The van der Waals surface area contributed by atoms with E-state index in [0.29, 0.717) is 0 Å². The summed E-state index contributed by atoms with van der Waals surface area (Å²) in [6.07, 6.45) is 0. The molecule has 17 heavy (non-hydrogen) atoms. The first-order valence-electron chi connectivity index (χ1n) is 4.38. The van der Waals surface area contributed by atoms with Crippen LogP contribution in [0.25, 0.3) is 10.2 Å². The van der Waals surface area contributed by atoms with Gasteiger partial charge in [0.2, 0.25) is 10.5 Å². The number of aromatic nitrogens is 1. The molecule has 0 unspecified atom stereocenters. The Morgan fingerprint density at radius 1 is 1.24 bits per heavy atom. The van der Waals surface area contributed by atoms with Gasteiger partial charge in [-0.25, -0.2) is 18.6 Å². The smallest absolute Gasteiger partial charge is 0.233 e. The first-order valence-corrected chi connectivity index (χ1v) is 6.43. The standard InChI is InChI=1S/C9H9NOS.ClHO4/c1-6-10-8-5-7(11-2)3-4-9(8)12-6;2-1(3,4)5/h3-5H,1-2H3;(H,2,3,4,5).